The van der Waals surface area contributed by atoms with E-state index in [1.54, 1.807) is 7.11 Å². The highest BCUT2D eigenvalue weighted by Crippen LogP contribution is 2.20. The van der Waals surface area contributed by atoms with Gasteiger partial charge in [0.2, 0.25) is 0 Å². The van der Waals surface area contributed by atoms with Crippen molar-refractivity contribution in [1.82, 2.24) is 5.32 Å². The lowest BCUT2D eigenvalue weighted by molar-refractivity contribution is 0.413. The molecule has 1 saturated carbocycles. The lowest BCUT2D eigenvalue weighted by atomic mass is 10.1. The van der Waals surface area contributed by atoms with Crippen molar-refractivity contribution < 1.29 is 4.74 Å². The molecule has 1 aliphatic carbocycles. The molecule has 2 rings (SSSR count). The van der Waals surface area contributed by atoms with E-state index >= 15 is 0 Å². The fourth-order valence-electron chi connectivity index (χ4n) is 2.44. The molecular weight excluding hydrogens is 198 g/mol. The topological polar surface area (TPSA) is 21.3 Å². The molecule has 0 spiro atoms. The first-order valence-electron chi connectivity index (χ1n) is 6.16. The molecule has 0 atom stereocenters. The van der Waals surface area contributed by atoms with Gasteiger partial charge in [0.1, 0.15) is 5.75 Å². The molecule has 0 saturated heterocycles. The van der Waals surface area contributed by atoms with Gasteiger partial charge in [-0.2, -0.15) is 0 Å². The van der Waals surface area contributed by atoms with Crippen LogP contribution in [0.15, 0.2) is 18.2 Å². The standard InChI is InChI=1S/C14H21NO/c1-11-7-12(9-14(8-11)16-2)10-15-13-5-3-4-6-13/h7-9,13,15H,3-6,10H2,1-2H3. The first-order chi connectivity index (χ1) is 7.78. The Bertz CT molecular complexity index is 343. The zero-order valence-electron chi connectivity index (χ0n) is 10.3. The van der Waals surface area contributed by atoms with E-state index in [1.807, 2.05) is 0 Å². The normalized spacial score (nSPS) is 16.6. The third-order valence-electron chi connectivity index (χ3n) is 3.30. The molecule has 0 unspecified atom stereocenters. The van der Waals surface area contributed by atoms with Crippen LogP contribution in [0.2, 0.25) is 0 Å². The third-order valence-corrected chi connectivity index (χ3v) is 3.30. The van der Waals surface area contributed by atoms with E-state index in [9.17, 15) is 0 Å². The van der Waals surface area contributed by atoms with Crippen molar-refractivity contribution in [1.29, 1.82) is 0 Å². The largest absolute Gasteiger partial charge is 0.497 e. The molecule has 16 heavy (non-hydrogen) atoms. The molecule has 1 N–H and O–H groups in total. The van der Waals surface area contributed by atoms with Crippen LogP contribution >= 0.6 is 0 Å². The summed E-state index contributed by atoms with van der Waals surface area (Å²) < 4.78 is 5.28. The second-order valence-electron chi connectivity index (χ2n) is 4.72. The van der Waals surface area contributed by atoms with Gasteiger partial charge >= 0.3 is 0 Å². The molecule has 2 heteroatoms. The smallest absolute Gasteiger partial charge is 0.119 e. The van der Waals surface area contributed by atoms with E-state index in [4.69, 9.17) is 4.74 Å². The van der Waals surface area contributed by atoms with Crippen LogP contribution in [-0.4, -0.2) is 13.2 Å². The zero-order chi connectivity index (χ0) is 11.4. The van der Waals surface area contributed by atoms with Crippen LogP contribution in [0.25, 0.3) is 0 Å². The molecule has 0 amide bonds. The van der Waals surface area contributed by atoms with Crippen LogP contribution in [0, 0.1) is 6.92 Å². The Hall–Kier alpha value is -1.02. The first kappa shape index (κ1) is 11.5. The molecule has 0 heterocycles. The highest BCUT2D eigenvalue weighted by Gasteiger charge is 2.13. The van der Waals surface area contributed by atoms with Gasteiger partial charge in [0.15, 0.2) is 0 Å². The summed E-state index contributed by atoms with van der Waals surface area (Å²) in [5.74, 6) is 0.961. The fourth-order valence-corrected chi connectivity index (χ4v) is 2.44. The van der Waals surface area contributed by atoms with Crippen molar-refractivity contribution in [2.75, 3.05) is 7.11 Å². The van der Waals surface area contributed by atoms with Gasteiger partial charge in [-0.1, -0.05) is 18.9 Å². The maximum atomic E-state index is 5.28. The van der Waals surface area contributed by atoms with Crippen LogP contribution in [-0.2, 0) is 6.54 Å². The first-order valence-corrected chi connectivity index (χ1v) is 6.16. The fraction of sp³-hybridized carbons (Fsp3) is 0.571. The molecule has 0 bridgehead atoms. The number of nitrogens with one attached hydrogen (secondary N) is 1. The Morgan fingerprint density at radius 3 is 2.69 bits per heavy atom. The number of benzene rings is 1. The minimum atomic E-state index is 0.728. The van der Waals surface area contributed by atoms with Gasteiger partial charge in [-0.3, -0.25) is 0 Å². The van der Waals surface area contributed by atoms with E-state index in [1.165, 1.54) is 36.8 Å². The van der Waals surface area contributed by atoms with Gasteiger partial charge in [-0.05, 0) is 43.0 Å². The Labute approximate surface area is 98.0 Å². The van der Waals surface area contributed by atoms with Crippen LogP contribution in [0.5, 0.6) is 5.75 Å². The van der Waals surface area contributed by atoms with Gasteiger partial charge in [0.05, 0.1) is 7.11 Å². The third kappa shape index (κ3) is 2.99. The Balaban J connectivity index is 1.94. The lowest BCUT2D eigenvalue weighted by Gasteiger charge is -2.13. The van der Waals surface area contributed by atoms with Crippen molar-refractivity contribution in [2.45, 2.75) is 45.2 Å². The summed E-state index contributed by atoms with van der Waals surface area (Å²) in [5, 5.41) is 3.62. The molecule has 1 aliphatic rings. The molecule has 1 aromatic carbocycles. The maximum absolute atomic E-state index is 5.28. The molecule has 0 radical (unpaired) electrons. The van der Waals surface area contributed by atoms with E-state index in [0.717, 1.165) is 18.3 Å². The van der Waals surface area contributed by atoms with Gasteiger partial charge in [0, 0.05) is 12.6 Å². The molecule has 1 aromatic rings. The Morgan fingerprint density at radius 1 is 1.25 bits per heavy atom. The van der Waals surface area contributed by atoms with E-state index in [2.05, 4.69) is 30.4 Å². The second kappa shape index (κ2) is 5.35. The monoisotopic (exact) mass is 219 g/mol. The summed E-state index contributed by atoms with van der Waals surface area (Å²) in [6, 6.07) is 7.14. The SMILES string of the molecule is COc1cc(C)cc(CNC2CCCC2)c1. The number of rotatable bonds is 4. The maximum Gasteiger partial charge on any atom is 0.119 e. The number of hydrogen-bond donors (Lipinski definition) is 1. The van der Waals surface area contributed by atoms with Crippen LogP contribution in [0.4, 0.5) is 0 Å². The Kier molecular flexibility index (Phi) is 3.83. The summed E-state index contributed by atoms with van der Waals surface area (Å²) >= 11 is 0. The second-order valence-corrected chi connectivity index (χ2v) is 4.72. The predicted molar refractivity (Wildman–Crippen MR) is 66.8 cm³/mol. The highest BCUT2D eigenvalue weighted by atomic mass is 16.5. The van der Waals surface area contributed by atoms with Crippen molar-refractivity contribution in [3.05, 3.63) is 29.3 Å². The van der Waals surface area contributed by atoms with Crippen LogP contribution in [0.1, 0.15) is 36.8 Å². The van der Waals surface area contributed by atoms with E-state index in [-0.39, 0.29) is 0 Å². The molecule has 0 aromatic heterocycles. The molecule has 0 aliphatic heterocycles. The summed E-state index contributed by atoms with van der Waals surface area (Å²) in [7, 11) is 1.73. The Morgan fingerprint density at radius 2 is 2.00 bits per heavy atom. The van der Waals surface area contributed by atoms with Crippen molar-refractivity contribution in [3.8, 4) is 5.75 Å². The van der Waals surface area contributed by atoms with Crippen molar-refractivity contribution >= 4 is 0 Å². The number of aryl methyl sites for hydroxylation is 1. The average Bonchev–Trinajstić information content (AvgIpc) is 2.78. The number of hydrogen-bond acceptors (Lipinski definition) is 2. The lowest BCUT2D eigenvalue weighted by Crippen LogP contribution is -2.25. The molecule has 88 valence electrons. The summed E-state index contributed by atoms with van der Waals surface area (Å²) in [6.07, 6.45) is 5.44. The van der Waals surface area contributed by atoms with Crippen molar-refractivity contribution in [3.63, 3.8) is 0 Å². The molecule has 1 fully saturated rings. The highest BCUT2D eigenvalue weighted by molar-refractivity contribution is 5.33. The van der Waals surface area contributed by atoms with Gasteiger partial charge in [-0.15, -0.1) is 0 Å². The minimum Gasteiger partial charge on any atom is -0.497 e. The molecule has 2 nitrogen and oxygen atoms in total. The van der Waals surface area contributed by atoms with E-state index in [0.29, 0.717) is 0 Å². The van der Waals surface area contributed by atoms with Crippen LogP contribution < -0.4 is 10.1 Å². The predicted octanol–water partition coefficient (Wildman–Crippen LogP) is 3.04. The van der Waals surface area contributed by atoms with Crippen molar-refractivity contribution in [2.24, 2.45) is 0 Å². The summed E-state index contributed by atoms with van der Waals surface area (Å²) in [4.78, 5) is 0. The summed E-state index contributed by atoms with van der Waals surface area (Å²) in [5.41, 5.74) is 2.59. The van der Waals surface area contributed by atoms with E-state index < -0.39 is 0 Å². The van der Waals surface area contributed by atoms with Gasteiger partial charge in [-0.25, -0.2) is 0 Å². The van der Waals surface area contributed by atoms with Crippen LogP contribution in [0.3, 0.4) is 0 Å². The zero-order valence-corrected chi connectivity index (χ0v) is 10.3. The van der Waals surface area contributed by atoms with Gasteiger partial charge < -0.3 is 10.1 Å². The quantitative estimate of drug-likeness (QED) is 0.840. The molecular formula is C14H21NO. The number of methoxy groups -OCH3 is 1. The minimum absolute atomic E-state index is 0.728. The van der Waals surface area contributed by atoms with Gasteiger partial charge in [0.25, 0.3) is 0 Å². The summed E-state index contributed by atoms with van der Waals surface area (Å²) in [6.45, 7) is 3.07. The number of ether oxygens (including phenoxy) is 1. The average molecular weight is 219 g/mol.